The lowest BCUT2D eigenvalue weighted by atomic mass is 10.2. The van der Waals surface area contributed by atoms with Crippen molar-refractivity contribution in [3.05, 3.63) is 18.0 Å². The Labute approximate surface area is 79.3 Å². The van der Waals surface area contributed by atoms with Crippen LogP contribution in [0.4, 0.5) is 0 Å². The van der Waals surface area contributed by atoms with Crippen molar-refractivity contribution in [2.75, 3.05) is 20.6 Å². The van der Waals surface area contributed by atoms with Crippen LogP contribution in [0.15, 0.2) is 12.4 Å². The summed E-state index contributed by atoms with van der Waals surface area (Å²) in [6.45, 7) is 3.82. The van der Waals surface area contributed by atoms with Crippen LogP contribution >= 0.6 is 0 Å². The van der Waals surface area contributed by atoms with Gasteiger partial charge in [-0.25, -0.2) is 0 Å². The molecular formula is C9H18N4. The van der Waals surface area contributed by atoms with Crippen LogP contribution in [0.2, 0.25) is 0 Å². The summed E-state index contributed by atoms with van der Waals surface area (Å²) in [4.78, 5) is 2.08. The third kappa shape index (κ3) is 2.82. The van der Waals surface area contributed by atoms with Gasteiger partial charge < -0.3 is 10.6 Å². The second-order valence-corrected chi connectivity index (χ2v) is 3.50. The van der Waals surface area contributed by atoms with Gasteiger partial charge in [0.1, 0.15) is 0 Å². The van der Waals surface area contributed by atoms with Gasteiger partial charge in [0, 0.05) is 30.9 Å². The minimum Gasteiger partial charge on any atom is -0.323 e. The molecule has 0 amide bonds. The molecule has 1 atom stereocenters. The molecular weight excluding hydrogens is 164 g/mol. The van der Waals surface area contributed by atoms with Crippen molar-refractivity contribution in [3.63, 3.8) is 0 Å². The van der Waals surface area contributed by atoms with Crippen molar-refractivity contribution in [2.45, 2.75) is 19.5 Å². The summed E-state index contributed by atoms with van der Waals surface area (Å²) in [7, 11) is 4.04. The summed E-state index contributed by atoms with van der Waals surface area (Å²) in [6.07, 6.45) is 3.85. The molecule has 1 rings (SSSR count). The Kier molecular flexibility index (Phi) is 3.45. The van der Waals surface area contributed by atoms with Crippen molar-refractivity contribution in [2.24, 2.45) is 5.73 Å². The van der Waals surface area contributed by atoms with Crippen molar-refractivity contribution in [3.8, 4) is 0 Å². The summed E-state index contributed by atoms with van der Waals surface area (Å²) < 4.78 is 1.89. The molecule has 74 valence electrons. The minimum atomic E-state index is 0.0651. The third-order valence-electron chi connectivity index (χ3n) is 1.97. The highest BCUT2D eigenvalue weighted by Gasteiger charge is 2.08. The fourth-order valence-electron chi connectivity index (χ4n) is 1.24. The van der Waals surface area contributed by atoms with Crippen molar-refractivity contribution < 1.29 is 0 Å². The lowest BCUT2D eigenvalue weighted by molar-refractivity contribution is 0.376. The van der Waals surface area contributed by atoms with E-state index in [0.29, 0.717) is 0 Å². The van der Waals surface area contributed by atoms with E-state index in [4.69, 9.17) is 5.73 Å². The monoisotopic (exact) mass is 182 g/mol. The molecule has 0 aliphatic rings. The van der Waals surface area contributed by atoms with E-state index in [9.17, 15) is 0 Å². The molecule has 4 nitrogen and oxygen atoms in total. The molecule has 0 aliphatic heterocycles. The number of aromatic nitrogens is 2. The number of hydrogen-bond donors (Lipinski definition) is 1. The zero-order chi connectivity index (χ0) is 9.84. The number of likely N-dealkylation sites (N-methyl/N-ethyl adjacent to an activating group) is 1. The number of nitrogens with zero attached hydrogens (tertiary/aromatic N) is 3. The lowest BCUT2D eigenvalue weighted by Crippen LogP contribution is -2.25. The van der Waals surface area contributed by atoms with Crippen LogP contribution in [-0.4, -0.2) is 35.3 Å². The van der Waals surface area contributed by atoms with E-state index in [1.807, 2.05) is 31.2 Å². The van der Waals surface area contributed by atoms with E-state index in [2.05, 4.69) is 16.9 Å². The first-order valence-electron chi connectivity index (χ1n) is 4.56. The first kappa shape index (κ1) is 10.2. The van der Waals surface area contributed by atoms with Crippen LogP contribution in [0, 0.1) is 0 Å². The van der Waals surface area contributed by atoms with Crippen LogP contribution in [-0.2, 0) is 6.54 Å². The van der Waals surface area contributed by atoms with Gasteiger partial charge in [0.05, 0.1) is 6.20 Å². The zero-order valence-electron chi connectivity index (χ0n) is 8.57. The predicted molar refractivity (Wildman–Crippen MR) is 53.4 cm³/mol. The smallest absolute Gasteiger partial charge is 0.0538 e. The van der Waals surface area contributed by atoms with Crippen molar-refractivity contribution in [1.29, 1.82) is 0 Å². The third-order valence-corrected chi connectivity index (χ3v) is 1.97. The second kappa shape index (κ2) is 4.39. The average molecular weight is 182 g/mol. The maximum atomic E-state index is 5.97. The first-order chi connectivity index (χ1) is 6.13. The maximum absolute atomic E-state index is 5.97. The Morgan fingerprint density at radius 3 is 2.77 bits per heavy atom. The number of aryl methyl sites for hydroxylation is 1. The van der Waals surface area contributed by atoms with Gasteiger partial charge >= 0.3 is 0 Å². The second-order valence-electron chi connectivity index (χ2n) is 3.50. The summed E-state index contributed by atoms with van der Waals surface area (Å²) in [5, 5.41) is 4.18. The molecule has 0 spiro atoms. The van der Waals surface area contributed by atoms with Crippen molar-refractivity contribution in [1.82, 2.24) is 14.7 Å². The van der Waals surface area contributed by atoms with Crippen molar-refractivity contribution >= 4 is 0 Å². The quantitative estimate of drug-likeness (QED) is 0.736. The standard InChI is InChI=1S/C9H18N4/c1-4-13-6-8(5-11-13)9(10)7-12(2)3/h5-6,9H,4,7,10H2,1-3H3. The SMILES string of the molecule is CCn1cc(C(N)CN(C)C)cn1. The summed E-state index contributed by atoms with van der Waals surface area (Å²) in [6, 6.07) is 0.0651. The van der Waals surface area contributed by atoms with E-state index >= 15 is 0 Å². The molecule has 0 aliphatic carbocycles. The van der Waals surface area contributed by atoms with Gasteiger partial charge in [-0.3, -0.25) is 4.68 Å². The van der Waals surface area contributed by atoms with E-state index in [1.165, 1.54) is 0 Å². The normalized spacial score (nSPS) is 13.6. The highest BCUT2D eigenvalue weighted by atomic mass is 15.3. The first-order valence-corrected chi connectivity index (χ1v) is 4.56. The Hall–Kier alpha value is -0.870. The number of hydrogen-bond acceptors (Lipinski definition) is 3. The molecule has 0 saturated heterocycles. The molecule has 2 N–H and O–H groups in total. The summed E-state index contributed by atoms with van der Waals surface area (Å²) >= 11 is 0. The van der Waals surface area contributed by atoms with Gasteiger partial charge in [-0.15, -0.1) is 0 Å². The fraction of sp³-hybridized carbons (Fsp3) is 0.667. The van der Waals surface area contributed by atoms with Crippen LogP contribution in [0.3, 0.4) is 0 Å². The lowest BCUT2D eigenvalue weighted by Gasteiger charge is -2.14. The molecule has 1 heterocycles. The van der Waals surface area contributed by atoms with E-state index in [0.717, 1.165) is 18.7 Å². The molecule has 1 aromatic rings. The minimum absolute atomic E-state index is 0.0651. The molecule has 0 fully saturated rings. The Morgan fingerprint density at radius 2 is 2.31 bits per heavy atom. The van der Waals surface area contributed by atoms with Crippen LogP contribution < -0.4 is 5.73 Å². The molecule has 4 heteroatoms. The van der Waals surface area contributed by atoms with Gasteiger partial charge in [-0.1, -0.05) is 0 Å². The molecule has 0 radical (unpaired) electrons. The Balaban J connectivity index is 2.60. The highest BCUT2D eigenvalue weighted by Crippen LogP contribution is 2.09. The molecule has 1 aromatic heterocycles. The Bertz CT molecular complexity index is 254. The molecule has 0 aromatic carbocycles. The van der Waals surface area contributed by atoms with E-state index < -0.39 is 0 Å². The maximum Gasteiger partial charge on any atom is 0.0538 e. The Morgan fingerprint density at radius 1 is 1.62 bits per heavy atom. The number of nitrogens with two attached hydrogens (primary N) is 1. The summed E-state index contributed by atoms with van der Waals surface area (Å²) in [5.41, 5.74) is 7.08. The average Bonchev–Trinajstić information content (AvgIpc) is 2.50. The van der Waals surface area contributed by atoms with E-state index in [-0.39, 0.29) is 6.04 Å². The van der Waals surface area contributed by atoms with Gasteiger partial charge in [0.25, 0.3) is 0 Å². The summed E-state index contributed by atoms with van der Waals surface area (Å²) in [5.74, 6) is 0. The van der Waals surface area contributed by atoms with Crippen LogP contribution in [0.25, 0.3) is 0 Å². The predicted octanol–water partition coefficient (Wildman–Crippen LogP) is 0.464. The van der Waals surface area contributed by atoms with Gasteiger partial charge in [0.2, 0.25) is 0 Å². The van der Waals surface area contributed by atoms with Crippen LogP contribution in [0.5, 0.6) is 0 Å². The molecule has 13 heavy (non-hydrogen) atoms. The topological polar surface area (TPSA) is 47.1 Å². The molecule has 0 bridgehead atoms. The van der Waals surface area contributed by atoms with Gasteiger partial charge in [-0.2, -0.15) is 5.10 Å². The fourth-order valence-corrected chi connectivity index (χ4v) is 1.24. The van der Waals surface area contributed by atoms with Gasteiger partial charge in [0.15, 0.2) is 0 Å². The highest BCUT2D eigenvalue weighted by molar-refractivity contribution is 5.09. The van der Waals surface area contributed by atoms with Crippen LogP contribution in [0.1, 0.15) is 18.5 Å². The molecule has 0 saturated carbocycles. The van der Waals surface area contributed by atoms with E-state index in [1.54, 1.807) is 0 Å². The van der Waals surface area contributed by atoms with Gasteiger partial charge in [-0.05, 0) is 21.0 Å². The number of rotatable bonds is 4. The molecule has 1 unspecified atom stereocenters. The zero-order valence-corrected chi connectivity index (χ0v) is 8.57. The largest absolute Gasteiger partial charge is 0.323 e.